The molecular weight excluding hydrogens is 362 g/mol. The van der Waals surface area contributed by atoms with Crippen molar-refractivity contribution >= 4 is 44.8 Å². The summed E-state index contributed by atoms with van der Waals surface area (Å²) >= 11 is 10.8. The Labute approximate surface area is 135 Å². The van der Waals surface area contributed by atoms with E-state index in [9.17, 15) is 4.79 Å². The van der Waals surface area contributed by atoms with Gasteiger partial charge in [0.25, 0.3) is 5.91 Å². The fourth-order valence-electron chi connectivity index (χ4n) is 1.60. The Balaban J connectivity index is 1.80. The van der Waals surface area contributed by atoms with Gasteiger partial charge in [-0.3, -0.25) is 4.79 Å². The van der Waals surface area contributed by atoms with Crippen molar-refractivity contribution in [3.63, 3.8) is 0 Å². The fourth-order valence-corrected chi connectivity index (χ4v) is 3.25. The molecule has 1 heterocycles. The molecule has 0 bridgehead atoms. The van der Waals surface area contributed by atoms with Gasteiger partial charge >= 0.3 is 0 Å². The molecule has 2 aromatic rings. The van der Waals surface area contributed by atoms with E-state index in [0.717, 1.165) is 14.2 Å². The molecule has 1 N–H and O–H groups in total. The summed E-state index contributed by atoms with van der Waals surface area (Å²) in [5.41, 5.74) is 0.910. The maximum Gasteiger partial charge on any atom is 0.258 e. The van der Waals surface area contributed by atoms with Gasteiger partial charge in [0.2, 0.25) is 0 Å². The third-order valence-corrected chi connectivity index (χ3v) is 4.44. The van der Waals surface area contributed by atoms with E-state index in [1.807, 2.05) is 19.1 Å². The number of hydrogen-bond donors (Lipinski definition) is 1. The van der Waals surface area contributed by atoms with Crippen LogP contribution in [0.2, 0.25) is 5.02 Å². The van der Waals surface area contributed by atoms with Crippen LogP contribution in [0.3, 0.4) is 0 Å². The van der Waals surface area contributed by atoms with Crippen molar-refractivity contribution in [3.05, 3.63) is 49.6 Å². The molecule has 0 fully saturated rings. The number of hydrogen-bond acceptors (Lipinski definition) is 3. The summed E-state index contributed by atoms with van der Waals surface area (Å²) in [6.45, 7) is 2.40. The van der Waals surface area contributed by atoms with Crippen molar-refractivity contribution in [2.75, 3.05) is 6.61 Å². The maximum atomic E-state index is 11.7. The second-order valence-electron chi connectivity index (χ2n) is 4.18. The number of carbonyl (C=O) groups is 1. The highest BCUT2D eigenvalue weighted by Crippen LogP contribution is 2.22. The van der Waals surface area contributed by atoms with Gasteiger partial charge in [-0.2, -0.15) is 0 Å². The first-order valence-electron chi connectivity index (χ1n) is 5.94. The van der Waals surface area contributed by atoms with E-state index in [1.54, 1.807) is 29.5 Å². The van der Waals surface area contributed by atoms with Gasteiger partial charge in [0, 0.05) is 9.90 Å². The maximum absolute atomic E-state index is 11.7. The summed E-state index contributed by atoms with van der Waals surface area (Å²) in [4.78, 5) is 12.8. The van der Waals surface area contributed by atoms with Crippen LogP contribution in [-0.2, 0) is 11.3 Å². The Bertz CT molecular complexity index is 615. The standard InChI is InChI=1S/C14H13BrClNO2S/c1-9-6-10(16)2-4-12(9)19-8-14(18)17-7-11-3-5-13(15)20-11/h2-6H,7-8H2,1H3,(H,17,18). The molecule has 1 amide bonds. The molecule has 0 aliphatic carbocycles. The molecule has 1 aromatic carbocycles. The Hall–Kier alpha value is -1.04. The predicted molar refractivity (Wildman–Crippen MR) is 85.5 cm³/mol. The van der Waals surface area contributed by atoms with Crippen LogP contribution in [0.4, 0.5) is 0 Å². The minimum absolute atomic E-state index is 0.00494. The molecule has 0 saturated heterocycles. The van der Waals surface area contributed by atoms with Gasteiger partial charge in [-0.15, -0.1) is 11.3 Å². The third kappa shape index (κ3) is 4.51. The lowest BCUT2D eigenvalue weighted by Crippen LogP contribution is -2.28. The monoisotopic (exact) mass is 373 g/mol. The van der Waals surface area contributed by atoms with Crippen LogP contribution in [0, 0.1) is 6.92 Å². The van der Waals surface area contributed by atoms with Crippen molar-refractivity contribution in [2.45, 2.75) is 13.5 Å². The van der Waals surface area contributed by atoms with Crippen LogP contribution in [0.15, 0.2) is 34.1 Å². The second kappa shape index (κ2) is 7.11. The lowest BCUT2D eigenvalue weighted by Gasteiger charge is -2.09. The minimum atomic E-state index is -0.149. The third-order valence-electron chi connectivity index (χ3n) is 2.58. The summed E-state index contributed by atoms with van der Waals surface area (Å²) in [6, 6.07) is 9.24. The molecule has 106 valence electrons. The molecule has 3 nitrogen and oxygen atoms in total. The summed E-state index contributed by atoms with van der Waals surface area (Å²) in [6.07, 6.45) is 0. The normalized spacial score (nSPS) is 10.3. The van der Waals surface area contributed by atoms with Crippen LogP contribution in [0.25, 0.3) is 0 Å². The van der Waals surface area contributed by atoms with Gasteiger partial charge in [0.05, 0.1) is 10.3 Å². The van der Waals surface area contributed by atoms with Crippen LogP contribution in [0.1, 0.15) is 10.4 Å². The second-order valence-corrected chi connectivity index (χ2v) is 7.17. The largest absolute Gasteiger partial charge is 0.484 e. The van der Waals surface area contributed by atoms with E-state index < -0.39 is 0 Å². The SMILES string of the molecule is Cc1cc(Cl)ccc1OCC(=O)NCc1ccc(Br)s1. The summed E-state index contributed by atoms with van der Waals surface area (Å²) in [5, 5.41) is 3.47. The molecule has 0 aliphatic heterocycles. The topological polar surface area (TPSA) is 38.3 Å². The molecule has 0 radical (unpaired) electrons. The number of thiophene rings is 1. The first-order valence-corrected chi connectivity index (χ1v) is 7.93. The number of aryl methyl sites for hydroxylation is 1. The van der Waals surface area contributed by atoms with Gasteiger partial charge in [-0.05, 0) is 58.7 Å². The van der Waals surface area contributed by atoms with E-state index in [4.69, 9.17) is 16.3 Å². The van der Waals surface area contributed by atoms with Crippen molar-refractivity contribution in [1.82, 2.24) is 5.32 Å². The number of ether oxygens (including phenoxy) is 1. The lowest BCUT2D eigenvalue weighted by atomic mass is 10.2. The molecule has 6 heteroatoms. The van der Waals surface area contributed by atoms with Crippen LogP contribution < -0.4 is 10.1 Å². The Morgan fingerprint density at radius 3 is 2.85 bits per heavy atom. The van der Waals surface area contributed by atoms with E-state index >= 15 is 0 Å². The highest BCUT2D eigenvalue weighted by molar-refractivity contribution is 9.11. The van der Waals surface area contributed by atoms with Crippen LogP contribution in [-0.4, -0.2) is 12.5 Å². The van der Waals surface area contributed by atoms with Gasteiger partial charge in [0.15, 0.2) is 6.61 Å². The average molecular weight is 375 g/mol. The highest BCUT2D eigenvalue weighted by atomic mass is 79.9. The number of rotatable bonds is 5. The molecule has 2 rings (SSSR count). The first kappa shape index (κ1) is 15.4. The molecule has 20 heavy (non-hydrogen) atoms. The number of nitrogens with one attached hydrogen (secondary N) is 1. The lowest BCUT2D eigenvalue weighted by molar-refractivity contribution is -0.123. The van der Waals surface area contributed by atoms with E-state index in [2.05, 4.69) is 21.2 Å². The first-order chi connectivity index (χ1) is 9.54. The highest BCUT2D eigenvalue weighted by Gasteiger charge is 2.06. The molecule has 1 aromatic heterocycles. The summed E-state index contributed by atoms with van der Waals surface area (Å²) in [7, 11) is 0. The zero-order valence-electron chi connectivity index (χ0n) is 10.8. The molecule has 0 unspecified atom stereocenters. The fraction of sp³-hybridized carbons (Fsp3) is 0.214. The van der Waals surface area contributed by atoms with Gasteiger partial charge in [-0.25, -0.2) is 0 Å². The number of benzene rings is 1. The zero-order valence-corrected chi connectivity index (χ0v) is 13.9. The van der Waals surface area contributed by atoms with Gasteiger partial charge in [0.1, 0.15) is 5.75 Å². The smallest absolute Gasteiger partial charge is 0.258 e. The molecule has 0 spiro atoms. The average Bonchev–Trinajstić information content (AvgIpc) is 2.81. The number of carbonyl (C=O) groups excluding carboxylic acids is 1. The molecule has 0 atom stereocenters. The van der Waals surface area contributed by atoms with Crippen molar-refractivity contribution < 1.29 is 9.53 Å². The van der Waals surface area contributed by atoms with Crippen LogP contribution >= 0.6 is 38.9 Å². The van der Waals surface area contributed by atoms with Gasteiger partial charge < -0.3 is 10.1 Å². The Kier molecular flexibility index (Phi) is 5.46. The van der Waals surface area contributed by atoms with Crippen molar-refractivity contribution in [3.8, 4) is 5.75 Å². The van der Waals surface area contributed by atoms with E-state index in [1.165, 1.54) is 0 Å². The van der Waals surface area contributed by atoms with E-state index in [-0.39, 0.29) is 12.5 Å². The molecule has 0 aliphatic rings. The Morgan fingerprint density at radius 2 is 2.20 bits per heavy atom. The predicted octanol–water partition coefficient (Wildman–Crippen LogP) is 4.17. The van der Waals surface area contributed by atoms with Crippen molar-refractivity contribution in [2.24, 2.45) is 0 Å². The molecular formula is C14H13BrClNO2S. The quantitative estimate of drug-likeness (QED) is 0.853. The van der Waals surface area contributed by atoms with E-state index in [0.29, 0.717) is 17.3 Å². The zero-order chi connectivity index (χ0) is 14.5. The number of amides is 1. The minimum Gasteiger partial charge on any atom is -0.484 e. The van der Waals surface area contributed by atoms with Crippen molar-refractivity contribution in [1.29, 1.82) is 0 Å². The Morgan fingerprint density at radius 1 is 1.40 bits per heavy atom. The summed E-state index contributed by atoms with van der Waals surface area (Å²) in [5.74, 6) is 0.521. The molecule has 0 saturated carbocycles. The van der Waals surface area contributed by atoms with Gasteiger partial charge in [-0.1, -0.05) is 11.6 Å². The summed E-state index contributed by atoms with van der Waals surface area (Å²) < 4.78 is 6.52. The van der Waals surface area contributed by atoms with Crippen LogP contribution in [0.5, 0.6) is 5.75 Å². The number of halogens is 2.